The molecule has 3 heteroatoms. The highest BCUT2D eigenvalue weighted by atomic mass is 79.9. The third-order valence-corrected chi connectivity index (χ3v) is 4.35. The van der Waals surface area contributed by atoms with Crippen LogP contribution < -0.4 is 0 Å². The summed E-state index contributed by atoms with van der Waals surface area (Å²) >= 11 is 5.12. The van der Waals surface area contributed by atoms with E-state index < -0.39 is 0 Å². The number of thiophene rings is 1. The van der Waals surface area contributed by atoms with Crippen LogP contribution in [-0.2, 0) is 6.42 Å². The zero-order valence-corrected chi connectivity index (χ0v) is 11.9. The fraction of sp³-hybridized carbons (Fsp3) is 0.214. The fourth-order valence-electron chi connectivity index (χ4n) is 1.74. The van der Waals surface area contributed by atoms with E-state index in [1.54, 1.807) is 11.3 Å². The second kappa shape index (κ2) is 5.61. The van der Waals surface area contributed by atoms with Crippen LogP contribution in [0.25, 0.3) is 0 Å². The summed E-state index contributed by atoms with van der Waals surface area (Å²) < 4.78 is 1.09. The minimum atomic E-state index is 0.0305. The van der Waals surface area contributed by atoms with E-state index in [1.165, 1.54) is 4.88 Å². The van der Waals surface area contributed by atoms with E-state index in [4.69, 9.17) is 0 Å². The van der Waals surface area contributed by atoms with Crippen LogP contribution in [0.3, 0.4) is 0 Å². The Balaban J connectivity index is 2.06. The molecule has 0 spiro atoms. The lowest BCUT2D eigenvalue weighted by molar-refractivity contribution is 0.0930. The second-order valence-electron chi connectivity index (χ2n) is 4.07. The maximum absolute atomic E-state index is 12.1. The Hall–Kier alpha value is -0.930. The molecule has 0 aliphatic rings. The molecule has 1 unspecified atom stereocenters. The first-order valence-electron chi connectivity index (χ1n) is 5.49. The lowest BCUT2D eigenvalue weighted by atomic mass is 9.96. The Labute approximate surface area is 114 Å². The summed E-state index contributed by atoms with van der Waals surface area (Å²) in [5.74, 6) is 0.248. The molecule has 0 amide bonds. The van der Waals surface area contributed by atoms with Gasteiger partial charge < -0.3 is 0 Å². The van der Waals surface area contributed by atoms with Crippen molar-refractivity contribution in [2.75, 3.05) is 0 Å². The van der Waals surface area contributed by atoms with Gasteiger partial charge in [-0.25, -0.2) is 0 Å². The normalized spacial score (nSPS) is 12.4. The molecule has 0 radical (unpaired) electrons. The quantitative estimate of drug-likeness (QED) is 0.756. The van der Waals surface area contributed by atoms with Crippen molar-refractivity contribution in [2.45, 2.75) is 13.3 Å². The van der Waals surface area contributed by atoms with Crippen LogP contribution in [0.4, 0.5) is 0 Å². The summed E-state index contributed by atoms with van der Waals surface area (Å²) in [6, 6.07) is 11.6. The SMILES string of the molecule is CC(Cc1cc(Br)cs1)C(=O)c1ccccc1. The summed E-state index contributed by atoms with van der Waals surface area (Å²) in [5, 5.41) is 2.05. The molecule has 17 heavy (non-hydrogen) atoms. The van der Waals surface area contributed by atoms with Gasteiger partial charge in [-0.3, -0.25) is 4.79 Å². The van der Waals surface area contributed by atoms with Crippen molar-refractivity contribution in [1.82, 2.24) is 0 Å². The van der Waals surface area contributed by atoms with Crippen LogP contribution in [0.5, 0.6) is 0 Å². The largest absolute Gasteiger partial charge is 0.294 e. The van der Waals surface area contributed by atoms with Gasteiger partial charge in [0.1, 0.15) is 0 Å². The van der Waals surface area contributed by atoms with Gasteiger partial charge in [0.15, 0.2) is 5.78 Å². The van der Waals surface area contributed by atoms with Gasteiger partial charge in [-0.1, -0.05) is 37.3 Å². The molecular formula is C14H13BrOS. The molecule has 1 nitrogen and oxygen atoms in total. The Morgan fingerprint density at radius 2 is 2.06 bits per heavy atom. The molecule has 88 valence electrons. The fourth-order valence-corrected chi connectivity index (χ4v) is 3.32. The van der Waals surface area contributed by atoms with Gasteiger partial charge in [-0.15, -0.1) is 11.3 Å². The molecule has 0 N–H and O–H groups in total. The third-order valence-electron chi connectivity index (χ3n) is 2.64. The zero-order chi connectivity index (χ0) is 12.3. The Morgan fingerprint density at radius 1 is 1.35 bits per heavy atom. The van der Waals surface area contributed by atoms with E-state index in [2.05, 4.69) is 27.4 Å². The first kappa shape index (κ1) is 12.5. The average Bonchev–Trinajstić information content (AvgIpc) is 2.75. The molecule has 1 aromatic carbocycles. The molecule has 1 atom stereocenters. The highest BCUT2D eigenvalue weighted by Gasteiger charge is 2.16. The monoisotopic (exact) mass is 308 g/mol. The molecule has 0 saturated carbocycles. The van der Waals surface area contributed by atoms with Crippen molar-refractivity contribution >= 4 is 33.0 Å². The van der Waals surface area contributed by atoms with Crippen LogP contribution in [0.2, 0.25) is 0 Å². The summed E-state index contributed by atoms with van der Waals surface area (Å²) in [6.07, 6.45) is 0.810. The van der Waals surface area contributed by atoms with E-state index in [1.807, 2.05) is 37.3 Å². The molecule has 0 bridgehead atoms. The van der Waals surface area contributed by atoms with Gasteiger partial charge in [-0.2, -0.15) is 0 Å². The van der Waals surface area contributed by atoms with Gasteiger partial charge in [-0.05, 0) is 28.4 Å². The standard InChI is InChI=1S/C14H13BrOS/c1-10(7-13-8-12(15)9-17-13)14(16)11-5-3-2-4-6-11/h2-6,8-10H,7H2,1H3. The maximum Gasteiger partial charge on any atom is 0.166 e. The molecule has 0 aliphatic heterocycles. The predicted octanol–water partition coefficient (Wildman–Crippen LogP) is 4.57. The lowest BCUT2D eigenvalue weighted by Gasteiger charge is -2.08. The summed E-state index contributed by atoms with van der Waals surface area (Å²) in [4.78, 5) is 13.4. The van der Waals surface area contributed by atoms with Gasteiger partial charge in [0, 0.05) is 26.2 Å². The van der Waals surface area contributed by atoms with E-state index in [0.29, 0.717) is 0 Å². The van der Waals surface area contributed by atoms with Crippen LogP contribution in [0, 0.1) is 5.92 Å². The topological polar surface area (TPSA) is 17.1 Å². The second-order valence-corrected chi connectivity index (χ2v) is 5.98. The summed E-state index contributed by atoms with van der Waals surface area (Å²) in [7, 11) is 0. The number of benzene rings is 1. The van der Waals surface area contributed by atoms with Crippen molar-refractivity contribution in [3.63, 3.8) is 0 Å². The van der Waals surface area contributed by atoms with Crippen molar-refractivity contribution in [2.24, 2.45) is 5.92 Å². The van der Waals surface area contributed by atoms with Gasteiger partial charge in [0.25, 0.3) is 0 Å². The molecule has 2 aromatic rings. The number of hydrogen-bond donors (Lipinski definition) is 0. The highest BCUT2D eigenvalue weighted by Crippen LogP contribution is 2.23. The summed E-state index contributed by atoms with van der Waals surface area (Å²) in [5.41, 5.74) is 0.802. The Morgan fingerprint density at radius 3 is 2.65 bits per heavy atom. The number of carbonyl (C=O) groups is 1. The van der Waals surface area contributed by atoms with Crippen LogP contribution >= 0.6 is 27.3 Å². The average molecular weight is 309 g/mol. The predicted molar refractivity (Wildman–Crippen MR) is 75.7 cm³/mol. The molecule has 0 fully saturated rings. The van der Waals surface area contributed by atoms with Crippen molar-refractivity contribution in [1.29, 1.82) is 0 Å². The molecule has 2 rings (SSSR count). The number of ketones is 1. The van der Waals surface area contributed by atoms with E-state index in [-0.39, 0.29) is 11.7 Å². The lowest BCUT2D eigenvalue weighted by Crippen LogP contribution is -2.13. The maximum atomic E-state index is 12.1. The van der Waals surface area contributed by atoms with Gasteiger partial charge in [0.2, 0.25) is 0 Å². The molecule has 0 aliphatic carbocycles. The Kier molecular flexibility index (Phi) is 4.13. The van der Waals surface area contributed by atoms with Crippen molar-refractivity contribution in [3.05, 3.63) is 56.7 Å². The summed E-state index contributed by atoms with van der Waals surface area (Å²) in [6.45, 7) is 1.99. The number of Topliss-reactive ketones (excluding diaryl/α,β-unsaturated/α-hetero) is 1. The first-order valence-corrected chi connectivity index (χ1v) is 7.16. The van der Waals surface area contributed by atoms with E-state index in [0.717, 1.165) is 16.5 Å². The number of rotatable bonds is 4. The van der Waals surface area contributed by atoms with Gasteiger partial charge in [0.05, 0.1) is 0 Å². The highest BCUT2D eigenvalue weighted by molar-refractivity contribution is 9.10. The van der Waals surface area contributed by atoms with Crippen molar-refractivity contribution in [3.8, 4) is 0 Å². The molecule has 1 heterocycles. The Bertz CT molecular complexity index is 504. The molecular weight excluding hydrogens is 296 g/mol. The third kappa shape index (κ3) is 3.27. The zero-order valence-electron chi connectivity index (χ0n) is 9.52. The molecule has 1 aromatic heterocycles. The van der Waals surface area contributed by atoms with Gasteiger partial charge >= 0.3 is 0 Å². The molecule has 0 saturated heterocycles. The first-order chi connectivity index (χ1) is 8.16. The van der Waals surface area contributed by atoms with Crippen LogP contribution in [-0.4, -0.2) is 5.78 Å². The minimum Gasteiger partial charge on any atom is -0.294 e. The van der Waals surface area contributed by atoms with Crippen LogP contribution in [0.1, 0.15) is 22.2 Å². The van der Waals surface area contributed by atoms with Crippen LogP contribution in [0.15, 0.2) is 46.3 Å². The number of carbonyl (C=O) groups excluding carboxylic acids is 1. The smallest absolute Gasteiger partial charge is 0.166 e. The van der Waals surface area contributed by atoms with E-state index >= 15 is 0 Å². The van der Waals surface area contributed by atoms with Crippen molar-refractivity contribution < 1.29 is 4.79 Å². The number of hydrogen-bond acceptors (Lipinski definition) is 2. The van der Waals surface area contributed by atoms with E-state index in [9.17, 15) is 4.79 Å². The number of halogens is 1. The minimum absolute atomic E-state index is 0.0305.